The van der Waals surface area contributed by atoms with E-state index in [9.17, 15) is 4.79 Å². The molecule has 1 N–H and O–H groups in total. The molecular formula is C27H33NO6. The molecule has 0 atom stereocenters. The van der Waals surface area contributed by atoms with Gasteiger partial charge in [0.15, 0.2) is 0 Å². The maximum atomic E-state index is 12.5. The number of aryl methyl sites for hydroxylation is 1. The summed E-state index contributed by atoms with van der Waals surface area (Å²) in [6.45, 7) is 7.45. The molecule has 7 nitrogen and oxygen atoms in total. The second-order valence-corrected chi connectivity index (χ2v) is 7.87. The number of furan rings is 1. The molecule has 3 aromatic rings. The van der Waals surface area contributed by atoms with Gasteiger partial charge in [-0.15, -0.1) is 0 Å². The summed E-state index contributed by atoms with van der Waals surface area (Å²) in [6.07, 6.45) is 4.07. The van der Waals surface area contributed by atoms with Crippen molar-refractivity contribution >= 4 is 22.4 Å². The van der Waals surface area contributed by atoms with E-state index in [4.69, 9.17) is 23.4 Å². The van der Waals surface area contributed by atoms with Gasteiger partial charge in [-0.2, -0.15) is 0 Å². The van der Waals surface area contributed by atoms with Crippen LogP contribution in [0.4, 0.5) is 0 Å². The van der Waals surface area contributed by atoms with Gasteiger partial charge in [0.2, 0.25) is 5.91 Å². The first kappa shape index (κ1) is 25.2. The second-order valence-electron chi connectivity index (χ2n) is 7.87. The number of rotatable bonds is 11. The Morgan fingerprint density at radius 1 is 1.12 bits per heavy atom. The maximum absolute atomic E-state index is 12.5. The number of hydrogen-bond donors (Lipinski definition) is 1. The Balaban J connectivity index is 2.11. The molecule has 1 aromatic heterocycles. The molecule has 34 heavy (non-hydrogen) atoms. The first-order chi connectivity index (χ1) is 16.4. The van der Waals surface area contributed by atoms with Gasteiger partial charge in [0.1, 0.15) is 22.8 Å². The standard InChI is InChI=1S/C27H33NO6/c1-7-33-26-18(3)27-22(15-20(26)17(2)13-25(29)28-11-8-12-30-4)23(16-34-27)21-14-19(31-5)9-10-24(21)32-6/h9-10,13-16H,7-8,11-12H2,1-6H3,(H,28,29)/b17-13+. The van der Waals surface area contributed by atoms with Crippen LogP contribution in [-0.2, 0) is 9.53 Å². The number of ether oxygens (including phenoxy) is 4. The number of nitrogens with one attached hydrogen (secondary N) is 1. The van der Waals surface area contributed by atoms with Gasteiger partial charge < -0.3 is 28.7 Å². The fourth-order valence-corrected chi connectivity index (χ4v) is 3.93. The van der Waals surface area contributed by atoms with Gasteiger partial charge in [-0.05, 0) is 57.0 Å². The Labute approximate surface area is 200 Å². The van der Waals surface area contributed by atoms with Crippen molar-refractivity contribution in [1.29, 1.82) is 0 Å². The quantitative estimate of drug-likeness (QED) is 0.301. The van der Waals surface area contributed by atoms with Crippen molar-refractivity contribution < 1.29 is 28.2 Å². The molecule has 7 heteroatoms. The summed E-state index contributed by atoms with van der Waals surface area (Å²) in [6, 6.07) is 7.65. The first-order valence-electron chi connectivity index (χ1n) is 11.3. The van der Waals surface area contributed by atoms with E-state index in [-0.39, 0.29) is 5.91 Å². The molecule has 0 saturated heterocycles. The predicted molar refractivity (Wildman–Crippen MR) is 134 cm³/mol. The number of amides is 1. The number of fused-ring (bicyclic) bond motifs is 1. The van der Waals surface area contributed by atoms with Crippen LogP contribution < -0.4 is 19.5 Å². The fraction of sp³-hybridized carbons (Fsp3) is 0.370. The summed E-state index contributed by atoms with van der Waals surface area (Å²) in [4.78, 5) is 12.5. The highest BCUT2D eigenvalue weighted by atomic mass is 16.5. The molecule has 3 rings (SSSR count). The van der Waals surface area contributed by atoms with E-state index in [1.54, 1.807) is 33.7 Å². The van der Waals surface area contributed by atoms with Gasteiger partial charge in [0.25, 0.3) is 0 Å². The molecule has 0 bridgehead atoms. The molecule has 0 aliphatic heterocycles. The van der Waals surface area contributed by atoms with Crippen molar-refractivity contribution in [2.75, 3.05) is 41.1 Å². The molecule has 1 heterocycles. The lowest BCUT2D eigenvalue weighted by molar-refractivity contribution is -0.116. The molecule has 0 spiro atoms. The van der Waals surface area contributed by atoms with Crippen LogP contribution in [0, 0.1) is 6.92 Å². The van der Waals surface area contributed by atoms with E-state index in [2.05, 4.69) is 5.32 Å². The van der Waals surface area contributed by atoms with E-state index in [1.165, 1.54) is 0 Å². The first-order valence-corrected chi connectivity index (χ1v) is 11.3. The van der Waals surface area contributed by atoms with Crippen molar-refractivity contribution in [3.05, 3.63) is 47.7 Å². The van der Waals surface area contributed by atoms with Gasteiger partial charge in [0.05, 0.1) is 27.1 Å². The second kappa shape index (κ2) is 11.6. The number of hydrogen-bond acceptors (Lipinski definition) is 6. The van der Waals surface area contributed by atoms with Gasteiger partial charge in [0, 0.05) is 54.0 Å². The summed E-state index contributed by atoms with van der Waals surface area (Å²) in [5.41, 5.74) is 4.95. The molecule has 2 aromatic carbocycles. The number of methoxy groups -OCH3 is 3. The lowest BCUT2D eigenvalue weighted by Gasteiger charge is -2.15. The number of allylic oxidation sites excluding steroid dienone is 1. The molecule has 0 unspecified atom stereocenters. The van der Waals surface area contributed by atoms with Crippen LogP contribution in [0.25, 0.3) is 27.7 Å². The third kappa shape index (κ3) is 5.37. The zero-order valence-electron chi connectivity index (χ0n) is 20.7. The fourth-order valence-electron chi connectivity index (χ4n) is 3.93. The van der Waals surface area contributed by atoms with Gasteiger partial charge >= 0.3 is 0 Å². The molecule has 0 radical (unpaired) electrons. The average Bonchev–Trinajstić information content (AvgIpc) is 3.27. The summed E-state index contributed by atoms with van der Waals surface area (Å²) in [5.74, 6) is 1.97. The van der Waals surface area contributed by atoms with E-state index in [0.29, 0.717) is 37.0 Å². The van der Waals surface area contributed by atoms with Crippen LogP contribution >= 0.6 is 0 Å². The molecule has 1 amide bonds. The minimum atomic E-state index is -0.157. The number of carbonyl (C=O) groups is 1. The number of carbonyl (C=O) groups excluding carboxylic acids is 1. The van der Waals surface area contributed by atoms with Crippen molar-refractivity contribution in [2.45, 2.75) is 27.2 Å². The Hall–Kier alpha value is -3.45. The van der Waals surface area contributed by atoms with Gasteiger partial charge in [-0.1, -0.05) is 0 Å². The van der Waals surface area contributed by atoms with Gasteiger partial charge in [-0.25, -0.2) is 0 Å². The van der Waals surface area contributed by atoms with Crippen molar-refractivity contribution in [1.82, 2.24) is 5.32 Å². The summed E-state index contributed by atoms with van der Waals surface area (Å²) in [5, 5.41) is 3.80. The lowest BCUT2D eigenvalue weighted by Crippen LogP contribution is -2.23. The van der Waals surface area contributed by atoms with Crippen LogP contribution in [-0.4, -0.2) is 47.0 Å². The van der Waals surface area contributed by atoms with Crippen LogP contribution in [0.3, 0.4) is 0 Å². The highest BCUT2D eigenvalue weighted by Gasteiger charge is 2.21. The average molecular weight is 468 g/mol. The normalized spacial score (nSPS) is 11.5. The Morgan fingerprint density at radius 2 is 1.91 bits per heavy atom. The predicted octanol–water partition coefficient (Wildman–Crippen LogP) is 5.38. The SMILES string of the molecule is CCOc1c(/C(C)=C/C(=O)NCCCOC)cc2c(-c3cc(OC)ccc3OC)coc2c1C. The van der Waals surface area contributed by atoms with Crippen molar-refractivity contribution in [2.24, 2.45) is 0 Å². The van der Waals surface area contributed by atoms with Crippen LogP contribution in [0.2, 0.25) is 0 Å². The van der Waals surface area contributed by atoms with Crippen LogP contribution in [0.15, 0.2) is 41.0 Å². The van der Waals surface area contributed by atoms with E-state index in [0.717, 1.165) is 45.2 Å². The Bertz CT molecular complexity index is 1180. The Morgan fingerprint density at radius 3 is 2.59 bits per heavy atom. The smallest absolute Gasteiger partial charge is 0.244 e. The minimum absolute atomic E-state index is 0.157. The highest BCUT2D eigenvalue weighted by Crippen LogP contribution is 2.43. The van der Waals surface area contributed by atoms with Crippen molar-refractivity contribution in [3.8, 4) is 28.4 Å². The monoisotopic (exact) mass is 467 g/mol. The number of benzene rings is 2. The molecule has 0 saturated carbocycles. The van der Waals surface area contributed by atoms with Crippen LogP contribution in [0.5, 0.6) is 17.2 Å². The van der Waals surface area contributed by atoms with Crippen molar-refractivity contribution in [3.63, 3.8) is 0 Å². The zero-order valence-corrected chi connectivity index (χ0v) is 20.7. The van der Waals surface area contributed by atoms with E-state index in [1.807, 2.05) is 45.0 Å². The third-order valence-corrected chi connectivity index (χ3v) is 5.63. The minimum Gasteiger partial charge on any atom is -0.497 e. The molecular weight excluding hydrogens is 434 g/mol. The molecule has 0 fully saturated rings. The van der Waals surface area contributed by atoms with E-state index >= 15 is 0 Å². The topological polar surface area (TPSA) is 79.2 Å². The Kier molecular flexibility index (Phi) is 8.60. The summed E-state index contributed by atoms with van der Waals surface area (Å²) < 4.78 is 28.1. The molecule has 0 aliphatic rings. The van der Waals surface area contributed by atoms with Crippen LogP contribution in [0.1, 0.15) is 31.4 Å². The van der Waals surface area contributed by atoms with Gasteiger partial charge in [-0.3, -0.25) is 4.79 Å². The highest BCUT2D eigenvalue weighted by molar-refractivity contribution is 6.02. The molecule has 182 valence electrons. The third-order valence-electron chi connectivity index (χ3n) is 5.63. The molecule has 0 aliphatic carbocycles. The summed E-state index contributed by atoms with van der Waals surface area (Å²) >= 11 is 0. The maximum Gasteiger partial charge on any atom is 0.244 e. The lowest BCUT2D eigenvalue weighted by atomic mass is 9.96. The zero-order chi connectivity index (χ0) is 24.7. The van der Waals surface area contributed by atoms with E-state index < -0.39 is 0 Å². The largest absolute Gasteiger partial charge is 0.497 e. The summed E-state index contributed by atoms with van der Waals surface area (Å²) in [7, 11) is 4.91.